The van der Waals surface area contributed by atoms with Crippen molar-refractivity contribution in [1.29, 1.82) is 0 Å². The van der Waals surface area contributed by atoms with Crippen molar-refractivity contribution >= 4 is 34.8 Å². The largest absolute Gasteiger partial charge is 0.383 e. The van der Waals surface area contributed by atoms with E-state index in [1.807, 2.05) is 53.9 Å². The number of amides is 2. The molecular weight excluding hydrogens is 432 g/mol. The minimum Gasteiger partial charge on any atom is -0.383 e. The third-order valence-corrected chi connectivity index (χ3v) is 6.81. The van der Waals surface area contributed by atoms with Gasteiger partial charge >= 0.3 is 0 Å². The van der Waals surface area contributed by atoms with E-state index in [1.54, 1.807) is 35.5 Å². The average molecular weight is 455 g/mol. The standard InChI is InChI=1S/C24H23ClN2O3S/c1-30-13-12-27-22(20-11-6-14-31-20)21(17-8-3-4-9-18(17)24(27)29)23(28)26-15-16-7-2-5-10-19(16)25/h2-11,14,21-22H,12-13,15H2,1H3,(H,26,28)/t21-,22+/m0/s1. The summed E-state index contributed by atoms with van der Waals surface area (Å²) in [5.74, 6) is -0.756. The van der Waals surface area contributed by atoms with Gasteiger partial charge in [0.05, 0.1) is 18.6 Å². The number of rotatable bonds is 7. The number of methoxy groups -OCH3 is 1. The van der Waals surface area contributed by atoms with Crippen LogP contribution in [0.15, 0.2) is 66.0 Å². The molecule has 2 aromatic carbocycles. The third-order valence-electron chi connectivity index (χ3n) is 5.50. The van der Waals surface area contributed by atoms with Gasteiger partial charge in [-0.25, -0.2) is 0 Å². The Morgan fingerprint density at radius 3 is 2.65 bits per heavy atom. The zero-order chi connectivity index (χ0) is 21.8. The second kappa shape index (κ2) is 9.64. The first-order chi connectivity index (χ1) is 15.1. The molecule has 160 valence electrons. The van der Waals surface area contributed by atoms with Crippen LogP contribution in [-0.2, 0) is 16.1 Å². The number of nitrogens with one attached hydrogen (secondary N) is 1. The van der Waals surface area contributed by atoms with E-state index in [9.17, 15) is 9.59 Å². The van der Waals surface area contributed by atoms with E-state index in [0.717, 1.165) is 16.0 Å². The molecule has 2 atom stereocenters. The Labute approximate surface area is 190 Å². The zero-order valence-corrected chi connectivity index (χ0v) is 18.7. The maximum Gasteiger partial charge on any atom is 0.254 e. The van der Waals surface area contributed by atoms with Gasteiger partial charge in [-0.3, -0.25) is 9.59 Å². The Balaban J connectivity index is 1.72. The molecule has 31 heavy (non-hydrogen) atoms. The fourth-order valence-corrected chi connectivity index (χ4v) is 5.10. The summed E-state index contributed by atoms with van der Waals surface area (Å²) in [7, 11) is 1.61. The normalized spacial score (nSPS) is 18.0. The highest BCUT2D eigenvalue weighted by atomic mass is 35.5. The van der Waals surface area contributed by atoms with E-state index in [2.05, 4.69) is 5.32 Å². The number of thiophene rings is 1. The van der Waals surface area contributed by atoms with Crippen molar-refractivity contribution in [2.24, 2.45) is 0 Å². The number of fused-ring (bicyclic) bond motifs is 1. The monoisotopic (exact) mass is 454 g/mol. The van der Waals surface area contributed by atoms with Crippen molar-refractivity contribution < 1.29 is 14.3 Å². The number of hydrogen-bond acceptors (Lipinski definition) is 4. The lowest BCUT2D eigenvalue weighted by Crippen LogP contribution is -2.48. The van der Waals surface area contributed by atoms with Crippen molar-refractivity contribution in [2.45, 2.75) is 18.5 Å². The molecule has 0 bridgehead atoms. The summed E-state index contributed by atoms with van der Waals surface area (Å²) < 4.78 is 5.26. The average Bonchev–Trinajstić information content (AvgIpc) is 3.32. The Morgan fingerprint density at radius 1 is 1.13 bits per heavy atom. The molecule has 0 fully saturated rings. The minimum atomic E-state index is -0.535. The van der Waals surface area contributed by atoms with Gasteiger partial charge in [0.1, 0.15) is 0 Å². The molecule has 0 radical (unpaired) electrons. The molecule has 0 unspecified atom stereocenters. The summed E-state index contributed by atoms with van der Waals surface area (Å²) in [4.78, 5) is 29.6. The maximum absolute atomic E-state index is 13.6. The van der Waals surface area contributed by atoms with Crippen LogP contribution in [0.2, 0.25) is 5.02 Å². The van der Waals surface area contributed by atoms with Crippen molar-refractivity contribution in [2.75, 3.05) is 20.3 Å². The van der Waals surface area contributed by atoms with Crippen LogP contribution in [0, 0.1) is 0 Å². The van der Waals surface area contributed by atoms with E-state index >= 15 is 0 Å². The number of nitrogens with zero attached hydrogens (tertiary/aromatic N) is 1. The highest BCUT2D eigenvalue weighted by Crippen LogP contribution is 2.44. The fraction of sp³-hybridized carbons (Fsp3) is 0.250. The van der Waals surface area contributed by atoms with Gasteiger partial charge in [0.15, 0.2) is 0 Å². The molecule has 1 aliphatic heterocycles. The molecule has 5 nitrogen and oxygen atoms in total. The smallest absolute Gasteiger partial charge is 0.254 e. The van der Waals surface area contributed by atoms with E-state index < -0.39 is 12.0 Å². The quantitative estimate of drug-likeness (QED) is 0.565. The second-order valence-corrected chi connectivity index (χ2v) is 8.71. The van der Waals surface area contributed by atoms with E-state index in [1.165, 1.54) is 0 Å². The predicted octanol–water partition coefficient (Wildman–Crippen LogP) is 4.65. The number of ether oxygens (including phenoxy) is 1. The molecule has 2 amide bonds. The number of benzene rings is 2. The Kier molecular flexibility index (Phi) is 6.70. The molecular formula is C24H23ClN2O3S. The summed E-state index contributed by atoms with van der Waals surface area (Å²) >= 11 is 7.81. The summed E-state index contributed by atoms with van der Waals surface area (Å²) in [5, 5.41) is 5.62. The highest BCUT2D eigenvalue weighted by Gasteiger charge is 2.44. The molecule has 4 rings (SSSR count). The van der Waals surface area contributed by atoms with Crippen molar-refractivity contribution in [1.82, 2.24) is 10.2 Å². The first-order valence-electron chi connectivity index (χ1n) is 10.0. The fourth-order valence-electron chi connectivity index (χ4n) is 4.02. The molecule has 1 N–H and O–H groups in total. The van der Waals surface area contributed by atoms with Crippen LogP contribution < -0.4 is 5.32 Å². The number of hydrogen-bond donors (Lipinski definition) is 1. The van der Waals surface area contributed by atoms with Gasteiger partial charge in [0, 0.05) is 35.7 Å². The molecule has 0 saturated carbocycles. The van der Waals surface area contributed by atoms with E-state index in [-0.39, 0.29) is 11.8 Å². The number of halogens is 1. The van der Waals surface area contributed by atoms with Crippen LogP contribution in [0.5, 0.6) is 0 Å². The van der Waals surface area contributed by atoms with Gasteiger partial charge in [0.2, 0.25) is 5.91 Å². The molecule has 3 aromatic rings. The Morgan fingerprint density at radius 2 is 1.90 bits per heavy atom. The second-order valence-electron chi connectivity index (χ2n) is 7.33. The van der Waals surface area contributed by atoms with E-state index in [4.69, 9.17) is 16.3 Å². The first kappa shape index (κ1) is 21.6. The van der Waals surface area contributed by atoms with Crippen LogP contribution in [-0.4, -0.2) is 37.0 Å². The molecule has 7 heteroatoms. The van der Waals surface area contributed by atoms with Gasteiger partial charge in [-0.15, -0.1) is 11.3 Å². The van der Waals surface area contributed by atoms with Crippen molar-refractivity contribution in [3.05, 3.63) is 92.6 Å². The molecule has 0 saturated heterocycles. The molecule has 2 heterocycles. The van der Waals surface area contributed by atoms with Crippen molar-refractivity contribution in [3.63, 3.8) is 0 Å². The van der Waals surface area contributed by atoms with E-state index in [0.29, 0.717) is 30.3 Å². The van der Waals surface area contributed by atoms with Crippen molar-refractivity contribution in [3.8, 4) is 0 Å². The maximum atomic E-state index is 13.6. The lowest BCUT2D eigenvalue weighted by Gasteiger charge is -2.41. The SMILES string of the molecule is COCCN1C(=O)c2ccccc2[C@H](C(=O)NCc2ccccc2Cl)[C@H]1c1cccs1. The summed E-state index contributed by atoms with van der Waals surface area (Å²) in [6, 6.07) is 18.3. The number of carbonyl (C=O) groups excluding carboxylic acids is 2. The van der Waals surface area contributed by atoms with Crippen LogP contribution >= 0.6 is 22.9 Å². The topological polar surface area (TPSA) is 58.6 Å². The molecule has 1 aliphatic rings. The molecule has 0 aliphatic carbocycles. The highest BCUT2D eigenvalue weighted by molar-refractivity contribution is 7.10. The summed E-state index contributed by atoms with van der Waals surface area (Å²) in [6.07, 6.45) is 0. The van der Waals surface area contributed by atoms with Gasteiger partial charge in [-0.2, -0.15) is 0 Å². The van der Waals surface area contributed by atoms with Gasteiger partial charge < -0.3 is 15.0 Å². The van der Waals surface area contributed by atoms with Gasteiger partial charge in [0.25, 0.3) is 5.91 Å². The summed E-state index contributed by atoms with van der Waals surface area (Å²) in [6.45, 7) is 1.12. The Hall–Kier alpha value is -2.67. The first-order valence-corrected chi connectivity index (χ1v) is 11.3. The lowest BCUT2D eigenvalue weighted by atomic mass is 9.81. The minimum absolute atomic E-state index is 0.0822. The van der Waals surface area contributed by atoms with Crippen LogP contribution in [0.25, 0.3) is 0 Å². The summed E-state index contributed by atoms with van der Waals surface area (Å²) in [5.41, 5.74) is 2.15. The third kappa shape index (κ3) is 4.37. The predicted molar refractivity (Wildman–Crippen MR) is 122 cm³/mol. The Bertz CT molecular complexity index is 1070. The zero-order valence-electron chi connectivity index (χ0n) is 17.1. The van der Waals surface area contributed by atoms with Gasteiger partial charge in [-0.05, 0) is 34.7 Å². The molecule has 0 spiro atoms. The number of carbonyl (C=O) groups is 2. The van der Waals surface area contributed by atoms with Crippen LogP contribution in [0.1, 0.15) is 38.3 Å². The van der Waals surface area contributed by atoms with Crippen LogP contribution in [0.3, 0.4) is 0 Å². The molecule has 1 aromatic heterocycles. The van der Waals surface area contributed by atoms with Crippen LogP contribution in [0.4, 0.5) is 0 Å². The van der Waals surface area contributed by atoms with Gasteiger partial charge in [-0.1, -0.05) is 54.1 Å². The lowest BCUT2D eigenvalue weighted by molar-refractivity contribution is -0.124.